The lowest BCUT2D eigenvalue weighted by atomic mass is 9.91. The summed E-state index contributed by atoms with van der Waals surface area (Å²) in [4.78, 5) is 0. The van der Waals surface area contributed by atoms with Crippen LogP contribution < -0.4 is 5.32 Å². The van der Waals surface area contributed by atoms with Gasteiger partial charge in [0.2, 0.25) is 0 Å². The van der Waals surface area contributed by atoms with Gasteiger partial charge in [0.15, 0.2) is 0 Å². The largest absolute Gasteiger partial charge is 0.310 e. The van der Waals surface area contributed by atoms with Crippen LogP contribution in [-0.2, 0) is 6.42 Å². The van der Waals surface area contributed by atoms with Gasteiger partial charge < -0.3 is 5.32 Å². The highest BCUT2D eigenvalue weighted by Crippen LogP contribution is 2.26. The molecule has 0 fully saturated rings. The van der Waals surface area contributed by atoms with Gasteiger partial charge in [-0.3, -0.25) is 0 Å². The molecular weight excluding hydrogens is 261 g/mol. The summed E-state index contributed by atoms with van der Waals surface area (Å²) in [5.41, 5.74) is 5.84. The van der Waals surface area contributed by atoms with E-state index < -0.39 is 0 Å². The molecular formula is C19H24FN. The van der Waals surface area contributed by atoms with Gasteiger partial charge in [0, 0.05) is 6.04 Å². The number of rotatable bonds is 5. The molecule has 1 nitrogen and oxygen atoms in total. The molecule has 21 heavy (non-hydrogen) atoms. The van der Waals surface area contributed by atoms with Crippen LogP contribution in [0.5, 0.6) is 0 Å². The van der Waals surface area contributed by atoms with E-state index in [4.69, 9.17) is 0 Å². The van der Waals surface area contributed by atoms with E-state index in [-0.39, 0.29) is 11.9 Å². The van der Waals surface area contributed by atoms with E-state index in [0.29, 0.717) is 0 Å². The monoisotopic (exact) mass is 285 g/mol. The molecule has 0 aliphatic carbocycles. The quantitative estimate of drug-likeness (QED) is 0.843. The molecule has 2 rings (SSSR count). The van der Waals surface area contributed by atoms with E-state index in [1.165, 1.54) is 16.7 Å². The Morgan fingerprint density at radius 2 is 1.71 bits per heavy atom. The van der Waals surface area contributed by atoms with Crippen molar-refractivity contribution in [1.29, 1.82) is 0 Å². The maximum absolute atomic E-state index is 13.5. The SMILES string of the molecule is CCNC(Cc1cccc(C)c1)c1c(C)cc(F)cc1C. The van der Waals surface area contributed by atoms with Crippen LogP contribution in [0.25, 0.3) is 0 Å². The van der Waals surface area contributed by atoms with Crippen molar-refractivity contribution in [2.75, 3.05) is 6.54 Å². The predicted molar refractivity (Wildman–Crippen MR) is 87.2 cm³/mol. The van der Waals surface area contributed by atoms with Crippen LogP contribution in [0.1, 0.15) is 40.8 Å². The number of benzene rings is 2. The first-order chi connectivity index (χ1) is 10.0. The number of nitrogens with one attached hydrogen (secondary N) is 1. The molecule has 0 spiro atoms. The second kappa shape index (κ2) is 6.86. The summed E-state index contributed by atoms with van der Waals surface area (Å²) in [6.45, 7) is 9.10. The minimum absolute atomic E-state index is 0.153. The summed E-state index contributed by atoms with van der Waals surface area (Å²) in [5, 5.41) is 3.55. The molecule has 0 heterocycles. The molecule has 0 radical (unpaired) electrons. The molecule has 1 N–H and O–H groups in total. The van der Waals surface area contributed by atoms with Crippen molar-refractivity contribution in [3.63, 3.8) is 0 Å². The lowest BCUT2D eigenvalue weighted by Crippen LogP contribution is -2.24. The molecule has 0 bridgehead atoms. The van der Waals surface area contributed by atoms with Crippen LogP contribution >= 0.6 is 0 Å². The molecule has 0 amide bonds. The van der Waals surface area contributed by atoms with E-state index in [1.54, 1.807) is 12.1 Å². The molecule has 112 valence electrons. The van der Waals surface area contributed by atoms with Crippen LogP contribution in [0.2, 0.25) is 0 Å². The van der Waals surface area contributed by atoms with E-state index in [9.17, 15) is 4.39 Å². The van der Waals surface area contributed by atoms with Crippen LogP contribution in [-0.4, -0.2) is 6.54 Å². The molecule has 0 aromatic heterocycles. The third-order valence-corrected chi connectivity index (χ3v) is 3.88. The Balaban J connectivity index is 2.35. The Hall–Kier alpha value is -1.67. The maximum atomic E-state index is 13.5. The standard InChI is InChI=1S/C19H24FN/c1-5-21-18(12-16-8-6-7-13(2)9-16)19-14(3)10-17(20)11-15(19)4/h6-11,18,21H,5,12H2,1-4H3. The van der Waals surface area contributed by atoms with Gasteiger partial charge in [-0.05, 0) is 68.1 Å². The average Bonchev–Trinajstić information content (AvgIpc) is 2.37. The van der Waals surface area contributed by atoms with E-state index in [0.717, 1.165) is 24.1 Å². The van der Waals surface area contributed by atoms with Crippen molar-refractivity contribution in [2.24, 2.45) is 0 Å². The molecule has 0 aliphatic heterocycles. The lowest BCUT2D eigenvalue weighted by Gasteiger charge is -2.23. The topological polar surface area (TPSA) is 12.0 Å². The lowest BCUT2D eigenvalue weighted by molar-refractivity contribution is 0.541. The normalized spacial score (nSPS) is 12.4. The molecule has 1 atom stereocenters. The number of aryl methyl sites for hydroxylation is 3. The maximum Gasteiger partial charge on any atom is 0.123 e. The fourth-order valence-electron chi connectivity index (χ4n) is 3.07. The second-order valence-electron chi connectivity index (χ2n) is 5.76. The van der Waals surface area contributed by atoms with Gasteiger partial charge in [-0.25, -0.2) is 4.39 Å². The van der Waals surface area contributed by atoms with E-state index >= 15 is 0 Å². The van der Waals surface area contributed by atoms with Crippen molar-refractivity contribution in [3.05, 3.63) is 70.0 Å². The number of halogens is 1. The predicted octanol–water partition coefficient (Wildman–Crippen LogP) is 4.64. The van der Waals surface area contributed by atoms with Crippen LogP contribution in [0, 0.1) is 26.6 Å². The van der Waals surface area contributed by atoms with Crippen molar-refractivity contribution < 1.29 is 4.39 Å². The van der Waals surface area contributed by atoms with Crippen molar-refractivity contribution in [1.82, 2.24) is 5.32 Å². The first-order valence-electron chi connectivity index (χ1n) is 7.56. The molecule has 2 aromatic rings. The highest BCUT2D eigenvalue weighted by molar-refractivity contribution is 5.38. The van der Waals surface area contributed by atoms with Gasteiger partial charge in [-0.1, -0.05) is 36.8 Å². The van der Waals surface area contributed by atoms with E-state index in [2.05, 4.69) is 43.4 Å². The minimum Gasteiger partial charge on any atom is -0.310 e. The summed E-state index contributed by atoms with van der Waals surface area (Å²) in [7, 11) is 0. The second-order valence-corrected chi connectivity index (χ2v) is 5.76. The fraction of sp³-hybridized carbons (Fsp3) is 0.368. The molecule has 0 aliphatic rings. The third-order valence-electron chi connectivity index (χ3n) is 3.88. The van der Waals surface area contributed by atoms with Gasteiger partial charge in [0.25, 0.3) is 0 Å². The Bertz CT molecular complexity index is 596. The van der Waals surface area contributed by atoms with Crippen LogP contribution in [0.3, 0.4) is 0 Å². The third kappa shape index (κ3) is 3.92. The average molecular weight is 285 g/mol. The Labute approximate surface area is 127 Å². The molecule has 2 aromatic carbocycles. The molecule has 2 heteroatoms. The van der Waals surface area contributed by atoms with E-state index in [1.807, 2.05) is 13.8 Å². The van der Waals surface area contributed by atoms with Gasteiger partial charge in [0.1, 0.15) is 5.82 Å². The summed E-state index contributed by atoms with van der Waals surface area (Å²) in [6, 6.07) is 12.1. The Morgan fingerprint density at radius 3 is 2.29 bits per heavy atom. The van der Waals surface area contributed by atoms with Crippen molar-refractivity contribution >= 4 is 0 Å². The van der Waals surface area contributed by atoms with Crippen molar-refractivity contribution in [2.45, 2.75) is 40.2 Å². The van der Waals surface area contributed by atoms with Gasteiger partial charge in [-0.2, -0.15) is 0 Å². The number of hydrogen-bond acceptors (Lipinski definition) is 1. The highest BCUT2D eigenvalue weighted by atomic mass is 19.1. The van der Waals surface area contributed by atoms with Crippen LogP contribution in [0.4, 0.5) is 4.39 Å². The minimum atomic E-state index is -0.153. The molecule has 0 saturated heterocycles. The summed E-state index contributed by atoms with van der Waals surface area (Å²) >= 11 is 0. The van der Waals surface area contributed by atoms with Gasteiger partial charge in [-0.15, -0.1) is 0 Å². The molecule has 1 unspecified atom stereocenters. The number of likely N-dealkylation sites (N-methyl/N-ethyl adjacent to an activating group) is 1. The summed E-state index contributed by atoms with van der Waals surface area (Å²) in [5.74, 6) is -0.153. The zero-order valence-corrected chi connectivity index (χ0v) is 13.3. The summed E-state index contributed by atoms with van der Waals surface area (Å²) in [6.07, 6.45) is 0.919. The molecule has 0 saturated carbocycles. The smallest absolute Gasteiger partial charge is 0.123 e. The zero-order chi connectivity index (χ0) is 15.4. The first-order valence-corrected chi connectivity index (χ1v) is 7.56. The van der Waals surface area contributed by atoms with Crippen molar-refractivity contribution in [3.8, 4) is 0 Å². The highest BCUT2D eigenvalue weighted by Gasteiger charge is 2.17. The van der Waals surface area contributed by atoms with Gasteiger partial charge in [0.05, 0.1) is 0 Å². The fourth-order valence-corrected chi connectivity index (χ4v) is 3.07. The Kier molecular flexibility index (Phi) is 5.13. The Morgan fingerprint density at radius 1 is 1.05 bits per heavy atom. The number of hydrogen-bond donors (Lipinski definition) is 1. The van der Waals surface area contributed by atoms with Crippen LogP contribution in [0.15, 0.2) is 36.4 Å². The first kappa shape index (κ1) is 15.7. The zero-order valence-electron chi connectivity index (χ0n) is 13.3. The summed E-state index contributed by atoms with van der Waals surface area (Å²) < 4.78 is 13.5. The van der Waals surface area contributed by atoms with Gasteiger partial charge >= 0.3 is 0 Å².